The van der Waals surface area contributed by atoms with E-state index in [2.05, 4.69) is 0 Å². The van der Waals surface area contributed by atoms with Crippen LogP contribution in [0.1, 0.15) is 5.76 Å². The van der Waals surface area contributed by atoms with Crippen molar-refractivity contribution in [1.29, 1.82) is 0 Å². The fraction of sp³-hybridized carbons (Fsp3) is 0.118. The summed E-state index contributed by atoms with van der Waals surface area (Å²) in [7, 11) is -3.37. The number of nitro benzene ring substituents is 2. The van der Waals surface area contributed by atoms with Crippen molar-refractivity contribution in [2.75, 3.05) is 7.11 Å². The highest BCUT2D eigenvalue weighted by atomic mass is 32.2. The molecule has 1 heterocycles. The van der Waals surface area contributed by atoms with E-state index in [1.807, 2.05) is 37.3 Å². The van der Waals surface area contributed by atoms with Crippen molar-refractivity contribution in [2.45, 2.75) is 11.8 Å². The maximum atomic E-state index is 10.6. The number of hydrogen-bond acceptors (Lipinski definition) is 8. The molecule has 0 N–H and O–H groups in total. The van der Waals surface area contributed by atoms with Crippen molar-refractivity contribution in [3.05, 3.63) is 74.5 Å². The minimum atomic E-state index is -5.04. The predicted octanol–water partition coefficient (Wildman–Crippen LogP) is 3.44. The van der Waals surface area contributed by atoms with Gasteiger partial charge >= 0.3 is 11.3 Å². The zero-order valence-electron chi connectivity index (χ0n) is 15.1. The zero-order valence-corrected chi connectivity index (χ0v) is 15.9. The number of ether oxygens (including phenoxy) is 1. The van der Waals surface area contributed by atoms with E-state index >= 15 is 0 Å². The molecule has 0 saturated heterocycles. The molecule has 0 spiro atoms. The Hall–Kier alpha value is -3.64. The van der Waals surface area contributed by atoms with Gasteiger partial charge in [0.2, 0.25) is 0 Å². The number of fused-ring (bicyclic) bond motifs is 1. The van der Waals surface area contributed by atoms with Crippen molar-refractivity contribution < 1.29 is 32.0 Å². The van der Waals surface area contributed by atoms with E-state index in [1.54, 1.807) is 7.11 Å². The molecule has 12 heteroatoms. The Morgan fingerprint density at radius 2 is 1.66 bits per heavy atom. The van der Waals surface area contributed by atoms with Gasteiger partial charge in [0.15, 0.2) is 0 Å². The van der Waals surface area contributed by atoms with Gasteiger partial charge in [0, 0.05) is 12.1 Å². The molecule has 0 radical (unpaired) electrons. The highest BCUT2D eigenvalue weighted by Crippen LogP contribution is 2.28. The molecule has 152 valence electrons. The van der Waals surface area contributed by atoms with Crippen LogP contribution in [0.15, 0.2) is 57.8 Å². The molecule has 0 bridgehead atoms. The summed E-state index contributed by atoms with van der Waals surface area (Å²) in [5.74, 6) is 1.72. The molecule has 2 aromatic carbocycles. The Bertz CT molecular complexity index is 1190. The Morgan fingerprint density at radius 3 is 2.21 bits per heavy atom. The summed E-state index contributed by atoms with van der Waals surface area (Å²) in [5, 5.41) is 21.7. The van der Waals surface area contributed by atoms with Gasteiger partial charge in [0.25, 0.3) is 11.4 Å². The van der Waals surface area contributed by atoms with Crippen molar-refractivity contribution in [1.82, 2.24) is 0 Å². The molecule has 11 nitrogen and oxygen atoms in total. The first kappa shape index (κ1) is 21.7. The number of non-ortho nitro benzene ring substituents is 1. The van der Waals surface area contributed by atoms with Crippen LogP contribution in [0.25, 0.3) is 11.0 Å². The van der Waals surface area contributed by atoms with Crippen LogP contribution in [0.4, 0.5) is 11.4 Å². The maximum Gasteiger partial charge on any atom is 0.363 e. The summed E-state index contributed by atoms with van der Waals surface area (Å²) >= 11 is 0. The molecule has 0 amide bonds. The van der Waals surface area contributed by atoms with Crippen molar-refractivity contribution >= 4 is 32.5 Å². The first-order valence-electron chi connectivity index (χ1n) is 7.79. The quantitative estimate of drug-likeness (QED) is 0.265. The van der Waals surface area contributed by atoms with Crippen LogP contribution in [0.2, 0.25) is 0 Å². The van der Waals surface area contributed by atoms with E-state index in [9.17, 15) is 33.2 Å². The molecule has 0 aliphatic rings. The molecule has 3 aromatic rings. The number of methoxy groups -OCH3 is 1. The maximum absolute atomic E-state index is 10.6. The smallest absolute Gasteiger partial charge is 0.363 e. The van der Waals surface area contributed by atoms with Gasteiger partial charge in [-0.15, -0.1) is 0 Å². The van der Waals surface area contributed by atoms with E-state index in [0.29, 0.717) is 18.2 Å². The third kappa shape index (κ3) is 5.21. The third-order valence-corrected chi connectivity index (χ3v) is 4.48. The summed E-state index contributed by atoms with van der Waals surface area (Å²) < 4.78 is 42.6. The van der Waals surface area contributed by atoms with Gasteiger partial charge in [-0.3, -0.25) is 20.2 Å². The number of para-hydroxylation sites is 1. The van der Waals surface area contributed by atoms with Crippen LogP contribution in [0.3, 0.4) is 0 Å². The summed E-state index contributed by atoms with van der Waals surface area (Å²) in [6.45, 7) is 1.91. The van der Waals surface area contributed by atoms with E-state index in [4.69, 9.17) is 9.15 Å². The second-order valence-corrected chi connectivity index (χ2v) is 6.89. The monoisotopic (exact) mass is 422 g/mol. The van der Waals surface area contributed by atoms with Gasteiger partial charge in [-0.25, -0.2) is 12.8 Å². The highest BCUT2D eigenvalue weighted by Gasteiger charge is 2.22. The number of hydrogen-bond donors (Lipinski definition) is 0. The van der Waals surface area contributed by atoms with Gasteiger partial charge in [0.1, 0.15) is 26.1 Å². The number of rotatable bonds is 4. The zero-order chi connectivity index (χ0) is 21.8. The SMILES string of the molecule is COc1cc(C)[o+]c2ccccc12.O=[N+]([O-])c1ccc(S(=O)(=O)[O-])c([N+](=O)[O-])c1. The van der Waals surface area contributed by atoms with Crippen molar-refractivity contribution in [3.8, 4) is 5.75 Å². The summed E-state index contributed by atoms with van der Waals surface area (Å²) in [6.07, 6.45) is 0. The van der Waals surface area contributed by atoms with E-state index in [1.165, 1.54) is 0 Å². The molecule has 0 atom stereocenters. The Labute approximate surface area is 164 Å². The molecular weight excluding hydrogens is 408 g/mol. The first-order valence-corrected chi connectivity index (χ1v) is 9.20. The predicted molar refractivity (Wildman–Crippen MR) is 99.6 cm³/mol. The number of nitrogens with zero attached hydrogens (tertiary/aromatic N) is 2. The summed E-state index contributed by atoms with van der Waals surface area (Å²) in [6, 6.07) is 11.4. The lowest BCUT2D eigenvalue weighted by atomic mass is 10.2. The lowest BCUT2D eigenvalue weighted by Gasteiger charge is -2.06. The molecule has 0 fully saturated rings. The minimum Gasteiger partial charge on any atom is -0.744 e. The van der Waals surface area contributed by atoms with Gasteiger partial charge in [-0.05, 0) is 12.1 Å². The highest BCUT2D eigenvalue weighted by molar-refractivity contribution is 7.85. The second kappa shape index (κ2) is 8.58. The molecular formula is C17H14N2O9S. The number of aryl methyl sites for hydroxylation is 1. The van der Waals surface area contributed by atoms with Crippen molar-refractivity contribution in [2.24, 2.45) is 0 Å². The van der Waals surface area contributed by atoms with E-state index < -0.39 is 36.2 Å². The third-order valence-electron chi connectivity index (χ3n) is 3.60. The van der Waals surface area contributed by atoms with Crippen LogP contribution >= 0.6 is 0 Å². The lowest BCUT2D eigenvalue weighted by molar-refractivity contribution is -0.396. The van der Waals surface area contributed by atoms with Gasteiger partial charge < -0.3 is 9.29 Å². The normalized spacial score (nSPS) is 10.7. The van der Waals surface area contributed by atoms with Gasteiger partial charge in [0.05, 0.1) is 36.0 Å². The largest absolute Gasteiger partial charge is 0.744 e. The molecule has 3 rings (SSSR count). The van der Waals surface area contributed by atoms with Gasteiger partial charge in [-0.1, -0.05) is 12.1 Å². The van der Waals surface area contributed by atoms with Crippen LogP contribution in [-0.4, -0.2) is 29.9 Å². The fourth-order valence-electron chi connectivity index (χ4n) is 2.37. The minimum absolute atomic E-state index is 0.421. The molecule has 1 aromatic heterocycles. The van der Waals surface area contributed by atoms with Crippen LogP contribution < -0.4 is 4.74 Å². The van der Waals surface area contributed by atoms with E-state index in [-0.39, 0.29) is 0 Å². The molecule has 0 saturated carbocycles. The fourth-order valence-corrected chi connectivity index (χ4v) is 2.99. The molecule has 29 heavy (non-hydrogen) atoms. The first-order chi connectivity index (χ1) is 13.5. The molecule has 0 aliphatic heterocycles. The Balaban J connectivity index is 0.000000211. The average molecular weight is 422 g/mol. The topological polar surface area (TPSA) is 164 Å². The summed E-state index contributed by atoms with van der Waals surface area (Å²) in [5.41, 5.74) is -0.914. The Kier molecular flexibility index (Phi) is 6.41. The van der Waals surface area contributed by atoms with Crippen LogP contribution in [-0.2, 0) is 10.1 Å². The number of benzene rings is 2. The Morgan fingerprint density at radius 1 is 1.00 bits per heavy atom. The average Bonchev–Trinajstić information content (AvgIpc) is 2.66. The second-order valence-electron chi connectivity index (χ2n) is 5.54. The van der Waals surface area contributed by atoms with Crippen molar-refractivity contribution in [3.63, 3.8) is 0 Å². The standard InChI is InChI=1S/C11H11O2.C6H4N2O7S/c1-8-7-11(12-2)9-5-3-4-6-10(9)13-8;9-7(10)4-1-2-6(16(13,14)15)5(3-4)8(11)12/h3-7H,1-2H3;1-3H,(H,13,14,15)/q+1;/p-1. The van der Waals surface area contributed by atoms with E-state index in [0.717, 1.165) is 22.5 Å². The van der Waals surface area contributed by atoms with Crippen LogP contribution in [0, 0.1) is 27.2 Å². The summed E-state index contributed by atoms with van der Waals surface area (Å²) in [4.78, 5) is 17.5. The molecule has 0 aliphatic carbocycles. The lowest BCUT2D eigenvalue weighted by Crippen LogP contribution is -2.04. The van der Waals surface area contributed by atoms with Gasteiger partial charge in [-0.2, -0.15) is 0 Å². The number of nitro groups is 2. The van der Waals surface area contributed by atoms with Crippen LogP contribution in [0.5, 0.6) is 5.75 Å². The molecule has 0 unspecified atom stereocenters.